The molecule has 0 heterocycles. The highest BCUT2D eigenvalue weighted by Gasteiger charge is 2.08. The third-order valence-corrected chi connectivity index (χ3v) is 2.89. The van der Waals surface area contributed by atoms with Gasteiger partial charge in [-0.1, -0.05) is 32.9 Å². The molecule has 0 aliphatic carbocycles. The second kappa shape index (κ2) is 8.46. The number of rotatable bonds is 7. The minimum atomic E-state index is 0.0876. The maximum Gasteiger partial charge on any atom is 0.188 e. The Morgan fingerprint density at radius 2 is 2.15 bits per heavy atom. The van der Waals surface area contributed by atoms with Crippen molar-refractivity contribution in [1.29, 1.82) is 0 Å². The summed E-state index contributed by atoms with van der Waals surface area (Å²) in [5, 5.41) is 3.13. The van der Waals surface area contributed by atoms with Gasteiger partial charge in [-0.3, -0.25) is 4.99 Å². The SMILES string of the molecule is CCC(CNC(N)=NCC(C)C)Oc1cccc(C)c1. The minimum Gasteiger partial charge on any atom is -0.489 e. The van der Waals surface area contributed by atoms with Crippen molar-refractivity contribution >= 4 is 5.96 Å². The number of aryl methyl sites for hydroxylation is 1. The van der Waals surface area contributed by atoms with E-state index >= 15 is 0 Å². The van der Waals surface area contributed by atoms with E-state index in [1.165, 1.54) is 5.56 Å². The second-order valence-corrected chi connectivity index (χ2v) is 5.47. The fourth-order valence-electron chi connectivity index (χ4n) is 1.71. The lowest BCUT2D eigenvalue weighted by atomic mass is 10.2. The van der Waals surface area contributed by atoms with Crippen LogP contribution in [0, 0.1) is 12.8 Å². The first-order valence-electron chi connectivity index (χ1n) is 7.28. The third-order valence-electron chi connectivity index (χ3n) is 2.89. The van der Waals surface area contributed by atoms with Crippen LogP contribution in [0.25, 0.3) is 0 Å². The van der Waals surface area contributed by atoms with Crippen molar-refractivity contribution in [3.63, 3.8) is 0 Å². The Hall–Kier alpha value is -1.71. The molecule has 1 aromatic carbocycles. The van der Waals surface area contributed by atoms with E-state index in [1.807, 2.05) is 18.2 Å². The van der Waals surface area contributed by atoms with Crippen molar-refractivity contribution in [2.75, 3.05) is 13.1 Å². The van der Waals surface area contributed by atoms with Crippen LogP contribution in [0.3, 0.4) is 0 Å². The fraction of sp³-hybridized carbons (Fsp3) is 0.562. The summed E-state index contributed by atoms with van der Waals surface area (Å²) in [5.41, 5.74) is 7.02. The molecule has 1 aromatic rings. The van der Waals surface area contributed by atoms with E-state index in [2.05, 4.69) is 44.1 Å². The highest BCUT2D eigenvalue weighted by molar-refractivity contribution is 5.77. The molecular formula is C16H27N3O. The van der Waals surface area contributed by atoms with Gasteiger partial charge in [0, 0.05) is 6.54 Å². The van der Waals surface area contributed by atoms with Crippen molar-refractivity contribution < 1.29 is 4.74 Å². The van der Waals surface area contributed by atoms with Crippen LogP contribution in [0.4, 0.5) is 0 Å². The first kappa shape index (κ1) is 16.3. The van der Waals surface area contributed by atoms with Gasteiger partial charge in [-0.05, 0) is 37.0 Å². The highest BCUT2D eigenvalue weighted by atomic mass is 16.5. The first-order valence-corrected chi connectivity index (χ1v) is 7.28. The third kappa shape index (κ3) is 6.45. The van der Waals surface area contributed by atoms with Crippen LogP contribution in [0.2, 0.25) is 0 Å². The number of nitrogens with one attached hydrogen (secondary N) is 1. The Kier molecular flexibility index (Phi) is 6.91. The van der Waals surface area contributed by atoms with Gasteiger partial charge in [0.05, 0.1) is 6.54 Å². The molecule has 0 saturated carbocycles. The maximum atomic E-state index is 5.95. The van der Waals surface area contributed by atoms with Gasteiger partial charge in [0.25, 0.3) is 0 Å². The van der Waals surface area contributed by atoms with E-state index in [0.717, 1.165) is 18.7 Å². The van der Waals surface area contributed by atoms with Crippen LogP contribution in [0.15, 0.2) is 29.3 Å². The lowest BCUT2D eigenvalue weighted by molar-refractivity contribution is 0.199. The van der Waals surface area contributed by atoms with Gasteiger partial charge in [-0.2, -0.15) is 0 Å². The van der Waals surface area contributed by atoms with Crippen molar-refractivity contribution in [2.45, 2.75) is 40.2 Å². The van der Waals surface area contributed by atoms with Crippen LogP contribution in [0.1, 0.15) is 32.8 Å². The molecule has 4 heteroatoms. The van der Waals surface area contributed by atoms with Crippen molar-refractivity contribution in [3.05, 3.63) is 29.8 Å². The van der Waals surface area contributed by atoms with Crippen LogP contribution >= 0.6 is 0 Å². The lowest BCUT2D eigenvalue weighted by Crippen LogP contribution is -2.39. The molecule has 112 valence electrons. The minimum absolute atomic E-state index is 0.0876. The summed E-state index contributed by atoms with van der Waals surface area (Å²) in [6.07, 6.45) is 1.00. The summed E-state index contributed by atoms with van der Waals surface area (Å²) in [6, 6.07) is 8.08. The number of ether oxygens (including phenoxy) is 1. The van der Waals surface area contributed by atoms with E-state index in [9.17, 15) is 0 Å². The number of hydrogen-bond acceptors (Lipinski definition) is 2. The van der Waals surface area contributed by atoms with Gasteiger partial charge < -0.3 is 15.8 Å². The van der Waals surface area contributed by atoms with Crippen LogP contribution < -0.4 is 15.8 Å². The highest BCUT2D eigenvalue weighted by Crippen LogP contribution is 2.15. The largest absolute Gasteiger partial charge is 0.489 e. The number of nitrogens with zero attached hydrogens (tertiary/aromatic N) is 1. The van der Waals surface area contributed by atoms with Gasteiger partial charge in [0.2, 0.25) is 0 Å². The topological polar surface area (TPSA) is 59.6 Å². The Morgan fingerprint density at radius 1 is 1.40 bits per heavy atom. The quantitative estimate of drug-likeness (QED) is 0.595. The zero-order chi connectivity index (χ0) is 15.0. The molecule has 0 bridgehead atoms. The summed E-state index contributed by atoms with van der Waals surface area (Å²) in [5.74, 6) is 1.90. The van der Waals surface area contributed by atoms with Crippen LogP contribution in [0.5, 0.6) is 5.75 Å². The molecule has 0 spiro atoms. The zero-order valence-corrected chi connectivity index (χ0v) is 13.0. The summed E-state index contributed by atoms with van der Waals surface area (Å²) >= 11 is 0. The van der Waals surface area contributed by atoms with Gasteiger partial charge in [-0.25, -0.2) is 0 Å². The monoisotopic (exact) mass is 277 g/mol. The number of nitrogens with two attached hydrogens (primary N) is 1. The Labute approximate surface area is 122 Å². The Morgan fingerprint density at radius 3 is 2.75 bits per heavy atom. The van der Waals surface area contributed by atoms with Crippen LogP contribution in [-0.2, 0) is 0 Å². The normalized spacial score (nSPS) is 13.3. The molecule has 0 radical (unpaired) electrons. The summed E-state index contributed by atoms with van der Waals surface area (Å²) in [4.78, 5) is 4.28. The van der Waals surface area contributed by atoms with Gasteiger partial charge >= 0.3 is 0 Å². The number of benzene rings is 1. The Bertz CT molecular complexity index is 429. The molecule has 0 aliphatic heterocycles. The standard InChI is InChI=1S/C16H27N3O/c1-5-14(11-19-16(17)18-10-12(2)3)20-15-8-6-7-13(4)9-15/h6-9,12,14H,5,10-11H2,1-4H3,(H3,17,18,19). The molecule has 1 rings (SSSR count). The van der Waals surface area contributed by atoms with Gasteiger partial charge in [0.15, 0.2) is 5.96 Å². The van der Waals surface area contributed by atoms with Crippen molar-refractivity contribution in [1.82, 2.24) is 5.32 Å². The Balaban J connectivity index is 2.45. The molecule has 0 aromatic heterocycles. The predicted octanol–water partition coefficient (Wildman–Crippen LogP) is 2.71. The van der Waals surface area contributed by atoms with E-state index in [-0.39, 0.29) is 6.10 Å². The first-order chi connectivity index (χ1) is 9.51. The van der Waals surface area contributed by atoms with E-state index in [4.69, 9.17) is 10.5 Å². The number of guanidine groups is 1. The molecule has 0 fully saturated rings. The average Bonchev–Trinajstić information content (AvgIpc) is 2.41. The summed E-state index contributed by atoms with van der Waals surface area (Å²) in [6.45, 7) is 9.80. The molecule has 1 atom stereocenters. The predicted molar refractivity (Wildman–Crippen MR) is 85.2 cm³/mol. The van der Waals surface area contributed by atoms with Gasteiger partial charge in [0.1, 0.15) is 11.9 Å². The fourth-order valence-corrected chi connectivity index (χ4v) is 1.71. The summed E-state index contributed by atoms with van der Waals surface area (Å²) < 4.78 is 5.95. The molecule has 0 saturated heterocycles. The summed E-state index contributed by atoms with van der Waals surface area (Å²) in [7, 11) is 0. The molecule has 0 aliphatic rings. The van der Waals surface area contributed by atoms with E-state index in [0.29, 0.717) is 18.4 Å². The maximum absolute atomic E-state index is 5.95. The van der Waals surface area contributed by atoms with E-state index in [1.54, 1.807) is 0 Å². The molecule has 1 unspecified atom stereocenters. The lowest BCUT2D eigenvalue weighted by Gasteiger charge is -2.19. The van der Waals surface area contributed by atoms with Crippen molar-refractivity contribution in [2.24, 2.45) is 16.6 Å². The number of aliphatic imine (C=N–C) groups is 1. The smallest absolute Gasteiger partial charge is 0.188 e. The average molecular weight is 277 g/mol. The molecule has 20 heavy (non-hydrogen) atoms. The van der Waals surface area contributed by atoms with Crippen molar-refractivity contribution in [3.8, 4) is 5.75 Å². The number of hydrogen-bond donors (Lipinski definition) is 2. The molecular weight excluding hydrogens is 250 g/mol. The molecule has 4 nitrogen and oxygen atoms in total. The van der Waals surface area contributed by atoms with Crippen LogP contribution in [-0.4, -0.2) is 25.2 Å². The van der Waals surface area contributed by atoms with E-state index < -0.39 is 0 Å². The second-order valence-electron chi connectivity index (χ2n) is 5.47. The van der Waals surface area contributed by atoms with Gasteiger partial charge in [-0.15, -0.1) is 0 Å². The molecule has 3 N–H and O–H groups in total. The zero-order valence-electron chi connectivity index (χ0n) is 13.0. The molecule has 0 amide bonds.